The highest BCUT2D eigenvalue weighted by atomic mass is 35.5. The Labute approximate surface area is 124 Å². The van der Waals surface area contributed by atoms with Gasteiger partial charge in [0.2, 0.25) is 0 Å². The van der Waals surface area contributed by atoms with E-state index in [1.807, 2.05) is 38.1 Å². The molecule has 0 saturated carbocycles. The molecule has 2 aromatic rings. The van der Waals surface area contributed by atoms with Gasteiger partial charge in [-0.1, -0.05) is 23.7 Å². The molecule has 0 saturated heterocycles. The monoisotopic (exact) mass is 288 g/mol. The van der Waals surface area contributed by atoms with Crippen LogP contribution in [0.1, 0.15) is 24.2 Å². The molecule has 1 aromatic carbocycles. The van der Waals surface area contributed by atoms with Crippen molar-refractivity contribution in [3.8, 4) is 11.1 Å². The highest BCUT2D eigenvalue weighted by Crippen LogP contribution is 2.26. The first-order valence-electron chi connectivity index (χ1n) is 6.66. The quantitative estimate of drug-likeness (QED) is 0.855. The van der Waals surface area contributed by atoms with Gasteiger partial charge in [-0.15, -0.1) is 0 Å². The smallest absolute Gasteiger partial charge is 0.254 e. The average Bonchev–Trinajstić information content (AvgIpc) is 2.48. The van der Waals surface area contributed by atoms with Gasteiger partial charge in [-0.25, -0.2) is 0 Å². The third-order valence-electron chi connectivity index (χ3n) is 3.24. The molecule has 3 nitrogen and oxygen atoms in total. The molecule has 1 heterocycles. The van der Waals surface area contributed by atoms with Crippen LogP contribution in [-0.2, 0) is 0 Å². The summed E-state index contributed by atoms with van der Waals surface area (Å²) in [6, 6.07) is 9.22. The number of halogens is 1. The molecular weight excluding hydrogens is 272 g/mol. The van der Waals surface area contributed by atoms with E-state index in [0.29, 0.717) is 23.7 Å². The number of rotatable bonds is 4. The summed E-state index contributed by atoms with van der Waals surface area (Å²) in [5.74, 6) is 0.0207. The van der Waals surface area contributed by atoms with E-state index in [2.05, 4.69) is 4.98 Å². The summed E-state index contributed by atoms with van der Waals surface area (Å²) in [6.07, 6.45) is 3.35. The zero-order chi connectivity index (χ0) is 14.5. The van der Waals surface area contributed by atoms with Gasteiger partial charge in [0.15, 0.2) is 0 Å². The van der Waals surface area contributed by atoms with E-state index in [0.717, 1.165) is 11.1 Å². The van der Waals surface area contributed by atoms with Crippen molar-refractivity contribution < 1.29 is 4.79 Å². The Morgan fingerprint density at radius 1 is 1.25 bits per heavy atom. The summed E-state index contributed by atoms with van der Waals surface area (Å²) in [5, 5.41) is 0.646. The SMILES string of the molecule is CCN(CC)C(=O)c1ccncc1-c1cccc(Cl)c1. The first-order valence-corrected chi connectivity index (χ1v) is 7.04. The lowest BCUT2D eigenvalue weighted by atomic mass is 10.0. The molecule has 0 aliphatic heterocycles. The van der Waals surface area contributed by atoms with Crippen LogP contribution in [0.25, 0.3) is 11.1 Å². The molecule has 1 amide bonds. The summed E-state index contributed by atoms with van der Waals surface area (Å²) in [6.45, 7) is 5.32. The fourth-order valence-electron chi connectivity index (χ4n) is 2.15. The molecule has 4 heteroatoms. The van der Waals surface area contributed by atoms with Crippen molar-refractivity contribution in [1.29, 1.82) is 0 Å². The molecule has 2 rings (SSSR count). The third kappa shape index (κ3) is 2.99. The largest absolute Gasteiger partial charge is 0.339 e. The summed E-state index contributed by atoms with van der Waals surface area (Å²) < 4.78 is 0. The van der Waals surface area contributed by atoms with Crippen LogP contribution in [0.2, 0.25) is 5.02 Å². The molecule has 104 valence electrons. The molecular formula is C16H17ClN2O. The van der Waals surface area contributed by atoms with Crippen LogP contribution in [-0.4, -0.2) is 28.9 Å². The lowest BCUT2D eigenvalue weighted by molar-refractivity contribution is 0.0773. The fraction of sp³-hybridized carbons (Fsp3) is 0.250. The molecule has 0 atom stereocenters. The van der Waals surface area contributed by atoms with Crippen molar-refractivity contribution in [1.82, 2.24) is 9.88 Å². The second-order valence-corrected chi connectivity index (χ2v) is 4.85. The molecule has 0 unspecified atom stereocenters. The molecule has 1 aromatic heterocycles. The zero-order valence-corrected chi connectivity index (χ0v) is 12.4. The summed E-state index contributed by atoms with van der Waals surface area (Å²) >= 11 is 6.03. The predicted molar refractivity (Wildman–Crippen MR) is 81.9 cm³/mol. The molecule has 0 bridgehead atoms. The Morgan fingerprint density at radius 3 is 2.65 bits per heavy atom. The molecule has 20 heavy (non-hydrogen) atoms. The van der Waals surface area contributed by atoms with Crippen LogP contribution >= 0.6 is 11.6 Å². The maximum Gasteiger partial charge on any atom is 0.254 e. The summed E-state index contributed by atoms with van der Waals surface area (Å²) in [5.41, 5.74) is 2.37. The zero-order valence-electron chi connectivity index (χ0n) is 11.6. The van der Waals surface area contributed by atoms with E-state index in [-0.39, 0.29) is 5.91 Å². The second kappa shape index (κ2) is 6.53. The van der Waals surface area contributed by atoms with Gasteiger partial charge in [0, 0.05) is 36.1 Å². The van der Waals surface area contributed by atoms with Crippen LogP contribution < -0.4 is 0 Å². The van der Waals surface area contributed by atoms with Gasteiger partial charge in [-0.05, 0) is 37.6 Å². The molecule has 0 aliphatic carbocycles. The van der Waals surface area contributed by atoms with Crippen LogP contribution in [0.3, 0.4) is 0 Å². The van der Waals surface area contributed by atoms with E-state index >= 15 is 0 Å². The fourth-order valence-corrected chi connectivity index (χ4v) is 2.34. The number of carbonyl (C=O) groups is 1. The summed E-state index contributed by atoms with van der Waals surface area (Å²) in [7, 11) is 0. The number of pyridine rings is 1. The van der Waals surface area contributed by atoms with Gasteiger partial charge >= 0.3 is 0 Å². The van der Waals surface area contributed by atoms with Crippen LogP contribution in [0.4, 0.5) is 0 Å². The number of carbonyl (C=O) groups excluding carboxylic acids is 1. The van der Waals surface area contributed by atoms with Crippen LogP contribution in [0.5, 0.6) is 0 Å². The van der Waals surface area contributed by atoms with Crippen molar-refractivity contribution >= 4 is 17.5 Å². The molecule has 0 radical (unpaired) electrons. The van der Waals surface area contributed by atoms with Gasteiger partial charge in [0.25, 0.3) is 5.91 Å². The van der Waals surface area contributed by atoms with E-state index in [1.54, 1.807) is 23.4 Å². The van der Waals surface area contributed by atoms with Crippen molar-refractivity contribution in [2.45, 2.75) is 13.8 Å². The molecule has 0 spiro atoms. The van der Waals surface area contributed by atoms with Crippen molar-refractivity contribution in [3.63, 3.8) is 0 Å². The predicted octanol–water partition coefficient (Wildman–Crippen LogP) is 3.88. The highest BCUT2D eigenvalue weighted by molar-refractivity contribution is 6.30. The second-order valence-electron chi connectivity index (χ2n) is 4.41. The number of amides is 1. The number of nitrogens with zero attached hydrogens (tertiary/aromatic N) is 2. The molecule has 0 fully saturated rings. The van der Waals surface area contributed by atoms with E-state index in [1.165, 1.54) is 0 Å². The van der Waals surface area contributed by atoms with Gasteiger partial charge < -0.3 is 4.90 Å². The Kier molecular flexibility index (Phi) is 4.74. The first kappa shape index (κ1) is 14.5. The van der Waals surface area contributed by atoms with Crippen LogP contribution in [0.15, 0.2) is 42.7 Å². The normalized spacial score (nSPS) is 10.3. The summed E-state index contributed by atoms with van der Waals surface area (Å²) in [4.78, 5) is 18.5. The Morgan fingerprint density at radius 2 is 2.00 bits per heavy atom. The van der Waals surface area contributed by atoms with Crippen LogP contribution in [0, 0.1) is 0 Å². The maximum atomic E-state index is 12.6. The Balaban J connectivity index is 2.48. The van der Waals surface area contributed by atoms with Crippen molar-refractivity contribution in [2.24, 2.45) is 0 Å². The minimum Gasteiger partial charge on any atom is -0.339 e. The van der Waals surface area contributed by atoms with E-state index in [4.69, 9.17) is 11.6 Å². The highest BCUT2D eigenvalue weighted by Gasteiger charge is 2.17. The van der Waals surface area contributed by atoms with E-state index < -0.39 is 0 Å². The third-order valence-corrected chi connectivity index (χ3v) is 3.47. The van der Waals surface area contributed by atoms with Crippen molar-refractivity contribution in [3.05, 3.63) is 53.3 Å². The lowest BCUT2D eigenvalue weighted by Gasteiger charge is -2.20. The number of hydrogen-bond acceptors (Lipinski definition) is 2. The number of aromatic nitrogens is 1. The van der Waals surface area contributed by atoms with Gasteiger partial charge in [-0.2, -0.15) is 0 Å². The number of benzene rings is 1. The Hall–Kier alpha value is -1.87. The standard InChI is InChI=1S/C16H17ClN2O/c1-3-19(4-2)16(20)14-8-9-18-11-15(14)12-6-5-7-13(17)10-12/h5-11H,3-4H2,1-2H3. The van der Waals surface area contributed by atoms with Gasteiger partial charge in [0.1, 0.15) is 0 Å². The minimum absolute atomic E-state index is 0.0207. The van der Waals surface area contributed by atoms with Gasteiger partial charge in [0.05, 0.1) is 5.56 Å². The lowest BCUT2D eigenvalue weighted by Crippen LogP contribution is -2.30. The number of hydrogen-bond donors (Lipinski definition) is 0. The Bertz CT molecular complexity index is 609. The molecule has 0 N–H and O–H groups in total. The topological polar surface area (TPSA) is 33.2 Å². The van der Waals surface area contributed by atoms with E-state index in [9.17, 15) is 4.79 Å². The van der Waals surface area contributed by atoms with Gasteiger partial charge in [-0.3, -0.25) is 9.78 Å². The van der Waals surface area contributed by atoms with Crippen molar-refractivity contribution in [2.75, 3.05) is 13.1 Å². The molecule has 0 aliphatic rings. The average molecular weight is 289 g/mol. The first-order chi connectivity index (χ1) is 9.67. The maximum absolute atomic E-state index is 12.6. The minimum atomic E-state index is 0.0207.